The Morgan fingerprint density at radius 3 is 2.90 bits per heavy atom. The first kappa shape index (κ1) is 15.0. The van der Waals surface area contributed by atoms with Crippen LogP contribution in [0, 0.1) is 5.82 Å². The van der Waals surface area contributed by atoms with Crippen LogP contribution < -0.4 is 10.3 Å². The van der Waals surface area contributed by atoms with Gasteiger partial charge in [-0.3, -0.25) is 14.2 Å². The van der Waals surface area contributed by atoms with Crippen molar-refractivity contribution in [2.24, 2.45) is 0 Å². The lowest BCUT2D eigenvalue weighted by Gasteiger charge is -2.12. The molecule has 1 aromatic heterocycles. The topological polar surface area (TPSA) is 81.4 Å². The number of carboxylic acids is 1. The fraction of sp³-hybridized carbons (Fsp3) is 0.154. The number of methoxy groups -OCH3 is 1. The molecule has 2 aromatic rings. The van der Waals surface area contributed by atoms with Crippen LogP contribution in [-0.2, 0) is 4.79 Å². The number of benzene rings is 1. The maximum Gasteiger partial charge on any atom is 0.313 e. The molecule has 0 saturated heterocycles. The van der Waals surface area contributed by atoms with Crippen molar-refractivity contribution in [3.63, 3.8) is 0 Å². The van der Waals surface area contributed by atoms with Gasteiger partial charge in [-0.05, 0) is 12.1 Å². The van der Waals surface area contributed by atoms with Crippen molar-refractivity contribution < 1.29 is 19.0 Å². The number of carbonyl (C=O) groups is 1. The van der Waals surface area contributed by atoms with Gasteiger partial charge in [0.15, 0.2) is 16.7 Å². The number of rotatable bonds is 5. The summed E-state index contributed by atoms with van der Waals surface area (Å²) in [6.45, 7) is 0. The van der Waals surface area contributed by atoms with Crippen molar-refractivity contribution in [3.05, 3.63) is 46.6 Å². The molecular formula is C13H11FN2O4S. The van der Waals surface area contributed by atoms with Crippen molar-refractivity contribution in [3.8, 4) is 11.4 Å². The zero-order chi connectivity index (χ0) is 15.4. The van der Waals surface area contributed by atoms with Gasteiger partial charge >= 0.3 is 5.97 Å². The molecule has 0 atom stereocenters. The van der Waals surface area contributed by atoms with Gasteiger partial charge in [-0.25, -0.2) is 4.39 Å². The summed E-state index contributed by atoms with van der Waals surface area (Å²) in [6.07, 6.45) is 1.45. The molecule has 8 heteroatoms. The number of ether oxygens (including phenoxy) is 1. The molecule has 0 saturated carbocycles. The van der Waals surface area contributed by atoms with E-state index in [1.165, 1.54) is 42.1 Å². The van der Waals surface area contributed by atoms with E-state index in [2.05, 4.69) is 4.98 Å². The lowest BCUT2D eigenvalue weighted by atomic mass is 10.3. The Kier molecular flexibility index (Phi) is 4.59. The monoisotopic (exact) mass is 310 g/mol. The zero-order valence-corrected chi connectivity index (χ0v) is 11.8. The highest BCUT2D eigenvalue weighted by Gasteiger charge is 2.11. The Bertz CT molecular complexity index is 732. The van der Waals surface area contributed by atoms with Gasteiger partial charge < -0.3 is 9.84 Å². The molecule has 0 bridgehead atoms. The number of aromatic nitrogens is 2. The van der Waals surface area contributed by atoms with Crippen LogP contribution in [0.1, 0.15) is 0 Å². The summed E-state index contributed by atoms with van der Waals surface area (Å²) in [5, 5.41) is 8.93. The Balaban J connectivity index is 2.47. The van der Waals surface area contributed by atoms with E-state index in [-0.39, 0.29) is 16.7 Å². The van der Waals surface area contributed by atoms with E-state index in [0.29, 0.717) is 5.69 Å². The first-order valence-electron chi connectivity index (χ1n) is 5.79. The molecule has 1 heterocycles. The molecule has 0 aliphatic carbocycles. The number of hydrogen-bond donors (Lipinski definition) is 1. The molecule has 0 amide bonds. The Hall–Kier alpha value is -2.35. The maximum absolute atomic E-state index is 13.4. The van der Waals surface area contributed by atoms with E-state index in [9.17, 15) is 14.0 Å². The largest absolute Gasteiger partial charge is 0.494 e. The smallest absolute Gasteiger partial charge is 0.313 e. The number of aliphatic carboxylic acids is 1. The molecule has 0 radical (unpaired) electrons. The van der Waals surface area contributed by atoms with E-state index < -0.39 is 17.3 Å². The highest BCUT2D eigenvalue weighted by Crippen LogP contribution is 2.24. The SMILES string of the molecule is COc1cc(-n2ccc(=O)nc2SCC(=O)O)ccc1F. The quantitative estimate of drug-likeness (QED) is 0.666. The number of thioether (sulfide) groups is 1. The van der Waals surface area contributed by atoms with Crippen LogP contribution in [0.15, 0.2) is 40.4 Å². The fourth-order valence-electron chi connectivity index (χ4n) is 1.61. The third-order valence-corrected chi connectivity index (χ3v) is 3.45. The molecule has 2 rings (SSSR count). The summed E-state index contributed by atoms with van der Waals surface area (Å²) in [5.74, 6) is -1.74. The van der Waals surface area contributed by atoms with Gasteiger partial charge in [-0.2, -0.15) is 4.98 Å². The van der Waals surface area contributed by atoms with Crippen LogP contribution >= 0.6 is 11.8 Å². The molecular weight excluding hydrogens is 299 g/mol. The van der Waals surface area contributed by atoms with Crippen molar-refractivity contribution >= 4 is 17.7 Å². The van der Waals surface area contributed by atoms with Gasteiger partial charge in [0.25, 0.3) is 5.56 Å². The molecule has 0 aliphatic heterocycles. The number of halogens is 1. The summed E-state index contributed by atoms with van der Waals surface area (Å²) in [6, 6.07) is 5.37. The van der Waals surface area contributed by atoms with E-state index in [1.807, 2.05) is 0 Å². The van der Waals surface area contributed by atoms with Gasteiger partial charge in [0.2, 0.25) is 0 Å². The summed E-state index contributed by atoms with van der Waals surface area (Å²) < 4.78 is 19.8. The molecule has 1 N–H and O–H groups in total. The molecule has 110 valence electrons. The first-order chi connectivity index (χ1) is 10.0. The zero-order valence-electron chi connectivity index (χ0n) is 10.9. The van der Waals surface area contributed by atoms with Crippen LogP contribution in [0.3, 0.4) is 0 Å². The molecule has 21 heavy (non-hydrogen) atoms. The second kappa shape index (κ2) is 6.40. The molecule has 0 spiro atoms. The van der Waals surface area contributed by atoms with Crippen molar-refractivity contribution in [2.75, 3.05) is 12.9 Å². The minimum atomic E-state index is -1.03. The van der Waals surface area contributed by atoms with E-state index in [0.717, 1.165) is 11.8 Å². The van der Waals surface area contributed by atoms with E-state index in [4.69, 9.17) is 9.84 Å². The Morgan fingerprint density at radius 1 is 1.48 bits per heavy atom. The summed E-state index contributed by atoms with van der Waals surface area (Å²) >= 11 is 0.900. The van der Waals surface area contributed by atoms with E-state index in [1.54, 1.807) is 0 Å². The standard InChI is InChI=1S/C13H11FN2O4S/c1-20-10-6-8(2-3-9(10)14)16-5-4-11(17)15-13(16)21-7-12(18)19/h2-6H,7H2,1H3,(H,18,19). The van der Waals surface area contributed by atoms with Gasteiger partial charge in [0.05, 0.1) is 18.6 Å². The van der Waals surface area contributed by atoms with Crippen LogP contribution in [0.25, 0.3) is 5.69 Å². The van der Waals surface area contributed by atoms with Crippen molar-refractivity contribution in [2.45, 2.75) is 5.16 Å². The molecule has 6 nitrogen and oxygen atoms in total. The second-order valence-corrected chi connectivity index (χ2v) is 4.86. The average Bonchev–Trinajstić information content (AvgIpc) is 2.46. The highest BCUT2D eigenvalue weighted by molar-refractivity contribution is 7.99. The van der Waals surface area contributed by atoms with Gasteiger partial charge in [-0.15, -0.1) is 0 Å². The fourth-order valence-corrected chi connectivity index (χ4v) is 2.32. The predicted molar refractivity (Wildman–Crippen MR) is 74.7 cm³/mol. The van der Waals surface area contributed by atoms with Crippen molar-refractivity contribution in [1.82, 2.24) is 9.55 Å². The molecule has 1 aromatic carbocycles. The summed E-state index contributed by atoms with van der Waals surface area (Å²) in [7, 11) is 1.34. The summed E-state index contributed by atoms with van der Waals surface area (Å²) in [4.78, 5) is 25.7. The Labute approximate surface area is 123 Å². The lowest BCUT2D eigenvalue weighted by Crippen LogP contribution is -2.13. The third-order valence-electron chi connectivity index (χ3n) is 2.52. The summed E-state index contributed by atoms with van der Waals surface area (Å²) in [5.41, 5.74) is 0.0295. The van der Waals surface area contributed by atoms with E-state index >= 15 is 0 Å². The average molecular weight is 310 g/mol. The normalized spacial score (nSPS) is 10.4. The molecule has 0 aliphatic rings. The van der Waals surface area contributed by atoms with Crippen LogP contribution in [-0.4, -0.2) is 33.5 Å². The maximum atomic E-state index is 13.4. The van der Waals surface area contributed by atoms with Crippen LogP contribution in [0.2, 0.25) is 0 Å². The molecule has 0 unspecified atom stereocenters. The van der Waals surface area contributed by atoms with Gasteiger partial charge in [-0.1, -0.05) is 11.8 Å². The number of carboxylic acid groups (broad SMARTS) is 1. The number of hydrogen-bond acceptors (Lipinski definition) is 5. The minimum absolute atomic E-state index is 0.0420. The third kappa shape index (κ3) is 3.60. The Morgan fingerprint density at radius 2 is 2.24 bits per heavy atom. The first-order valence-corrected chi connectivity index (χ1v) is 6.78. The highest BCUT2D eigenvalue weighted by atomic mass is 32.2. The van der Waals surface area contributed by atoms with Gasteiger partial charge in [0, 0.05) is 18.3 Å². The van der Waals surface area contributed by atoms with Gasteiger partial charge in [0.1, 0.15) is 0 Å². The molecule has 0 fully saturated rings. The minimum Gasteiger partial charge on any atom is -0.494 e. The predicted octanol–water partition coefficient (Wildman–Crippen LogP) is 1.56. The number of nitrogens with zero attached hydrogens (tertiary/aromatic N) is 2. The van der Waals surface area contributed by atoms with Crippen LogP contribution in [0.4, 0.5) is 4.39 Å². The van der Waals surface area contributed by atoms with Crippen molar-refractivity contribution in [1.29, 1.82) is 0 Å². The lowest BCUT2D eigenvalue weighted by molar-refractivity contribution is -0.133. The van der Waals surface area contributed by atoms with Crippen LogP contribution in [0.5, 0.6) is 5.75 Å². The second-order valence-electron chi connectivity index (χ2n) is 3.92.